The number of rotatable bonds is 2. The third-order valence-corrected chi connectivity index (χ3v) is 8.20. The van der Waals surface area contributed by atoms with Crippen LogP contribution in [-0.2, 0) is 0 Å². The third kappa shape index (κ3) is 2.86. The number of aryl methyl sites for hydroxylation is 1. The summed E-state index contributed by atoms with van der Waals surface area (Å²) in [7, 11) is 0. The minimum absolute atomic E-state index is 0.785. The monoisotopic (exact) mass is 473 g/mol. The number of aromatic nitrogens is 1. The van der Waals surface area contributed by atoms with Crippen LogP contribution < -0.4 is 0 Å². The van der Waals surface area contributed by atoms with Crippen molar-refractivity contribution in [2.75, 3.05) is 0 Å². The SMILES string of the molecule is Cc1ccc(-c2ccc3sc4ccccc4c3c2)c(-n2c3ccccc3c3c(Cl)cccc32)c1. The van der Waals surface area contributed by atoms with E-state index in [2.05, 4.69) is 102 Å². The molecule has 0 N–H and O–H groups in total. The maximum absolute atomic E-state index is 6.72. The van der Waals surface area contributed by atoms with Crippen molar-refractivity contribution in [1.82, 2.24) is 4.57 Å². The normalized spacial score (nSPS) is 11.8. The highest BCUT2D eigenvalue weighted by Gasteiger charge is 2.17. The van der Waals surface area contributed by atoms with Crippen molar-refractivity contribution in [1.29, 1.82) is 0 Å². The minimum Gasteiger partial charge on any atom is -0.309 e. The van der Waals surface area contributed by atoms with Crippen LogP contribution in [0.1, 0.15) is 5.56 Å². The topological polar surface area (TPSA) is 4.93 Å². The molecule has 0 aliphatic heterocycles. The number of nitrogens with zero attached hydrogens (tertiary/aromatic N) is 1. The van der Waals surface area contributed by atoms with Gasteiger partial charge >= 0.3 is 0 Å². The fourth-order valence-electron chi connectivity index (χ4n) is 5.20. The Morgan fingerprint density at radius 3 is 2.32 bits per heavy atom. The van der Waals surface area contributed by atoms with Gasteiger partial charge in [0.25, 0.3) is 0 Å². The van der Waals surface area contributed by atoms with Gasteiger partial charge in [-0.25, -0.2) is 0 Å². The van der Waals surface area contributed by atoms with E-state index in [1.807, 2.05) is 23.5 Å². The largest absolute Gasteiger partial charge is 0.309 e. The van der Waals surface area contributed by atoms with Crippen LogP contribution in [0.4, 0.5) is 0 Å². The van der Waals surface area contributed by atoms with Crippen LogP contribution in [0.5, 0.6) is 0 Å². The predicted octanol–water partition coefficient (Wildman–Crippen LogP) is 9.78. The fourth-order valence-corrected chi connectivity index (χ4v) is 6.56. The molecule has 5 aromatic carbocycles. The van der Waals surface area contributed by atoms with Crippen molar-refractivity contribution in [2.45, 2.75) is 6.92 Å². The summed E-state index contributed by atoms with van der Waals surface area (Å²) < 4.78 is 5.02. The molecule has 3 heteroatoms. The van der Waals surface area contributed by atoms with Crippen LogP contribution in [0, 0.1) is 6.92 Å². The molecule has 0 amide bonds. The van der Waals surface area contributed by atoms with Crippen LogP contribution in [0.15, 0.2) is 103 Å². The van der Waals surface area contributed by atoms with Gasteiger partial charge in [0.2, 0.25) is 0 Å². The van der Waals surface area contributed by atoms with E-state index >= 15 is 0 Å². The molecule has 7 aromatic rings. The van der Waals surface area contributed by atoms with E-state index in [1.54, 1.807) is 0 Å². The van der Waals surface area contributed by atoms with Crippen LogP contribution >= 0.6 is 22.9 Å². The maximum Gasteiger partial charge on any atom is 0.0556 e. The Balaban J connectivity index is 1.57. The lowest BCUT2D eigenvalue weighted by Gasteiger charge is -2.15. The third-order valence-electron chi connectivity index (χ3n) is 6.73. The minimum atomic E-state index is 0.785. The van der Waals surface area contributed by atoms with Crippen LogP contribution in [-0.4, -0.2) is 4.57 Å². The second-order valence-electron chi connectivity index (χ2n) is 8.82. The zero-order valence-electron chi connectivity index (χ0n) is 18.5. The molecule has 0 saturated heterocycles. The molecule has 34 heavy (non-hydrogen) atoms. The zero-order chi connectivity index (χ0) is 22.8. The first-order valence-electron chi connectivity index (χ1n) is 11.4. The van der Waals surface area contributed by atoms with Crippen molar-refractivity contribution in [3.8, 4) is 16.8 Å². The van der Waals surface area contributed by atoms with Gasteiger partial charge in [0, 0.05) is 36.5 Å². The van der Waals surface area contributed by atoms with Gasteiger partial charge in [-0.3, -0.25) is 0 Å². The summed E-state index contributed by atoms with van der Waals surface area (Å²) in [5.41, 5.74) is 7.13. The molecule has 2 aromatic heterocycles. The molecule has 0 aliphatic rings. The molecule has 0 radical (unpaired) electrons. The number of thiophene rings is 1. The van der Waals surface area contributed by atoms with Gasteiger partial charge in [-0.05, 0) is 60.5 Å². The van der Waals surface area contributed by atoms with Crippen molar-refractivity contribution in [3.05, 3.63) is 114 Å². The summed E-state index contributed by atoms with van der Waals surface area (Å²) in [6, 6.07) is 37.0. The van der Waals surface area contributed by atoms with E-state index in [0.29, 0.717) is 0 Å². The number of hydrogen-bond acceptors (Lipinski definition) is 1. The molecular formula is C31H20ClNS. The fraction of sp³-hybridized carbons (Fsp3) is 0.0323. The highest BCUT2D eigenvalue weighted by atomic mass is 35.5. The summed E-state index contributed by atoms with van der Waals surface area (Å²) in [6.45, 7) is 2.16. The van der Waals surface area contributed by atoms with Crippen LogP contribution in [0.25, 0.3) is 58.8 Å². The lowest BCUT2D eigenvalue weighted by atomic mass is 9.99. The van der Waals surface area contributed by atoms with Gasteiger partial charge in [-0.1, -0.05) is 72.3 Å². The standard InChI is InChI=1S/C31H20ClNS/c1-19-13-15-21(20-14-16-30-24(18-20)22-7-3-5-12-29(22)34-30)28(17-19)33-26-10-4-2-8-23(26)31-25(32)9-6-11-27(31)33/h2-18H,1H3. The van der Waals surface area contributed by atoms with Gasteiger partial charge in [-0.2, -0.15) is 0 Å². The number of benzene rings is 5. The van der Waals surface area contributed by atoms with Crippen molar-refractivity contribution in [2.24, 2.45) is 0 Å². The molecule has 0 unspecified atom stereocenters. The molecule has 0 fully saturated rings. The molecule has 0 bridgehead atoms. The summed E-state index contributed by atoms with van der Waals surface area (Å²) in [5, 5.41) is 5.70. The van der Waals surface area contributed by atoms with Crippen LogP contribution in [0.3, 0.4) is 0 Å². The van der Waals surface area contributed by atoms with E-state index in [0.717, 1.165) is 15.9 Å². The summed E-state index contributed by atoms with van der Waals surface area (Å²) in [5.74, 6) is 0. The molecule has 0 aliphatic carbocycles. The van der Waals surface area contributed by atoms with E-state index in [-0.39, 0.29) is 0 Å². The lowest BCUT2D eigenvalue weighted by Crippen LogP contribution is -1.98. The number of halogens is 1. The average Bonchev–Trinajstić information content (AvgIpc) is 3.40. The average molecular weight is 474 g/mol. The Labute approximate surface area is 206 Å². The van der Waals surface area contributed by atoms with Crippen molar-refractivity contribution in [3.63, 3.8) is 0 Å². The maximum atomic E-state index is 6.72. The van der Waals surface area contributed by atoms with Crippen molar-refractivity contribution < 1.29 is 0 Å². The first-order chi connectivity index (χ1) is 16.7. The van der Waals surface area contributed by atoms with Crippen LogP contribution in [0.2, 0.25) is 5.02 Å². The Morgan fingerprint density at radius 2 is 1.41 bits per heavy atom. The zero-order valence-corrected chi connectivity index (χ0v) is 20.1. The molecule has 0 spiro atoms. The van der Waals surface area contributed by atoms with E-state index < -0.39 is 0 Å². The van der Waals surface area contributed by atoms with E-state index in [9.17, 15) is 0 Å². The Morgan fingerprint density at radius 1 is 0.647 bits per heavy atom. The van der Waals surface area contributed by atoms with Gasteiger partial charge in [0.1, 0.15) is 0 Å². The van der Waals surface area contributed by atoms with Crippen molar-refractivity contribution >= 4 is 64.9 Å². The molecule has 162 valence electrons. The molecular weight excluding hydrogens is 454 g/mol. The second-order valence-corrected chi connectivity index (χ2v) is 10.3. The van der Waals surface area contributed by atoms with Gasteiger partial charge in [0.05, 0.1) is 21.7 Å². The number of para-hydroxylation sites is 1. The summed E-state index contributed by atoms with van der Waals surface area (Å²) in [6.07, 6.45) is 0. The summed E-state index contributed by atoms with van der Waals surface area (Å²) in [4.78, 5) is 0. The Hall–Kier alpha value is -3.59. The first-order valence-corrected chi connectivity index (χ1v) is 12.6. The van der Waals surface area contributed by atoms with Gasteiger partial charge in [-0.15, -0.1) is 11.3 Å². The molecule has 1 nitrogen and oxygen atoms in total. The number of hydrogen-bond donors (Lipinski definition) is 0. The molecule has 0 atom stereocenters. The predicted molar refractivity (Wildman–Crippen MR) is 149 cm³/mol. The molecule has 2 heterocycles. The highest BCUT2D eigenvalue weighted by molar-refractivity contribution is 7.25. The van der Waals surface area contributed by atoms with Gasteiger partial charge < -0.3 is 4.57 Å². The van der Waals surface area contributed by atoms with E-state index in [1.165, 1.54) is 53.5 Å². The smallest absolute Gasteiger partial charge is 0.0556 e. The Bertz CT molecular complexity index is 1890. The highest BCUT2D eigenvalue weighted by Crippen LogP contribution is 2.41. The lowest BCUT2D eigenvalue weighted by molar-refractivity contribution is 1.17. The van der Waals surface area contributed by atoms with Gasteiger partial charge in [0.15, 0.2) is 0 Å². The quantitative estimate of drug-likeness (QED) is 0.235. The second kappa shape index (κ2) is 7.46. The molecule has 7 rings (SSSR count). The Kier molecular flexibility index (Phi) is 4.35. The summed E-state index contributed by atoms with van der Waals surface area (Å²) >= 11 is 8.58. The number of fused-ring (bicyclic) bond motifs is 6. The van der Waals surface area contributed by atoms with E-state index in [4.69, 9.17) is 11.6 Å². The molecule has 0 saturated carbocycles. The first kappa shape index (κ1) is 19.8.